The van der Waals surface area contributed by atoms with Crippen LogP contribution in [0.5, 0.6) is 0 Å². The molecule has 0 aliphatic rings. The first kappa shape index (κ1) is 12.2. The van der Waals surface area contributed by atoms with E-state index in [2.05, 4.69) is 0 Å². The van der Waals surface area contributed by atoms with Crippen molar-refractivity contribution in [2.45, 2.75) is 19.1 Å². The minimum Gasteiger partial charge on any atom is -0.460 e. The monoisotopic (exact) mass is 222 g/mol. The van der Waals surface area contributed by atoms with Gasteiger partial charge in [0.2, 0.25) is 5.91 Å². The van der Waals surface area contributed by atoms with Gasteiger partial charge in [0.1, 0.15) is 12.6 Å². The third-order valence-corrected chi connectivity index (χ3v) is 1.95. The number of primary amides is 1. The van der Waals surface area contributed by atoms with E-state index < -0.39 is 17.9 Å². The molecule has 0 radical (unpaired) electrons. The van der Waals surface area contributed by atoms with Crippen molar-refractivity contribution in [3.8, 4) is 0 Å². The van der Waals surface area contributed by atoms with Gasteiger partial charge < -0.3 is 16.2 Å². The maximum atomic E-state index is 11.3. The summed E-state index contributed by atoms with van der Waals surface area (Å²) in [6.07, 6.45) is -0.201. The van der Waals surface area contributed by atoms with E-state index in [1.165, 1.54) is 0 Å². The maximum Gasteiger partial charge on any atom is 0.323 e. The van der Waals surface area contributed by atoms with Crippen LogP contribution in [0.25, 0.3) is 0 Å². The van der Waals surface area contributed by atoms with E-state index in [9.17, 15) is 9.59 Å². The zero-order valence-electron chi connectivity index (χ0n) is 8.76. The molecule has 5 heteroatoms. The lowest BCUT2D eigenvalue weighted by Gasteiger charge is -2.09. The predicted octanol–water partition coefficient (Wildman–Crippen LogP) is -0.0675. The molecule has 0 fully saturated rings. The van der Waals surface area contributed by atoms with Crippen LogP contribution in [0, 0.1) is 0 Å². The zero-order valence-corrected chi connectivity index (χ0v) is 8.76. The number of ether oxygens (including phenoxy) is 1. The minimum atomic E-state index is -0.985. The van der Waals surface area contributed by atoms with Gasteiger partial charge in [0.05, 0.1) is 6.42 Å². The quantitative estimate of drug-likeness (QED) is 0.682. The number of esters is 1. The van der Waals surface area contributed by atoms with Gasteiger partial charge >= 0.3 is 5.97 Å². The number of amides is 1. The fourth-order valence-electron chi connectivity index (χ4n) is 1.14. The lowest BCUT2D eigenvalue weighted by Crippen LogP contribution is -2.36. The molecule has 0 heterocycles. The summed E-state index contributed by atoms with van der Waals surface area (Å²) in [6, 6.07) is 8.21. The lowest BCUT2D eigenvalue weighted by molar-refractivity contribution is -0.147. The molecule has 0 bridgehead atoms. The number of carbonyl (C=O) groups is 2. The second-order valence-electron chi connectivity index (χ2n) is 3.37. The molecule has 0 aliphatic heterocycles. The number of rotatable bonds is 5. The smallest absolute Gasteiger partial charge is 0.323 e. The Kier molecular flexibility index (Phi) is 4.47. The molecule has 1 aromatic rings. The Morgan fingerprint density at radius 2 is 1.88 bits per heavy atom. The summed E-state index contributed by atoms with van der Waals surface area (Å²) in [5.41, 5.74) is 11.2. The SMILES string of the molecule is NC(=O)C[C@@H](N)C(=O)OCc1ccccc1. The van der Waals surface area contributed by atoms with Gasteiger partial charge in [-0.1, -0.05) is 30.3 Å². The first-order valence-electron chi connectivity index (χ1n) is 4.84. The molecule has 16 heavy (non-hydrogen) atoms. The molecule has 0 aliphatic carbocycles. The third kappa shape index (κ3) is 4.10. The molecule has 86 valence electrons. The summed E-state index contributed by atoms with van der Waals surface area (Å²) >= 11 is 0. The van der Waals surface area contributed by atoms with E-state index in [4.69, 9.17) is 16.2 Å². The van der Waals surface area contributed by atoms with Crippen molar-refractivity contribution < 1.29 is 14.3 Å². The molecule has 1 amide bonds. The second kappa shape index (κ2) is 5.87. The zero-order chi connectivity index (χ0) is 12.0. The molecular weight excluding hydrogens is 208 g/mol. The van der Waals surface area contributed by atoms with Crippen LogP contribution in [-0.4, -0.2) is 17.9 Å². The van der Waals surface area contributed by atoms with Crippen LogP contribution >= 0.6 is 0 Å². The minimum absolute atomic E-state index is 0.145. The van der Waals surface area contributed by atoms with Crippen molar-refractivity contribution in [1.29, 1.82) is 0 Å². The molecule has 0 saturated carbocycles. The highest BCUT2D eigenvalue weighted by Gasteiger charge is 2.17. The third-order valence-electron chi connectivity index (χ3n) is 1.95. The molecule has 5 nitrogen and oxygen atoms in total. The van der Waals surface area contributed by atoms with Crippen molar-refractivity contribution in [3.63, 3.8) is 0 Å². The summed E-state index contributed by atoms with van der Waals surface area (Å²) in [6.45, 7) is 0.145. The molecule has 0 aromatic heterocycles. The van der Waals surface area contributed by atoms with Crippen LogP contribution in [-0.2, 0) is 20.9 Å². The average molecular weight is 222 g/mol. The molecular formula is C11H14N2O3. The predicted molar refractivity (Wildman–Crippen MR) is 58.0 cm³/mol. The Balaban J connectivity index is 2.38. The highest BCUT2D eigenvalue weighted by atomic mass is 16.5. The fourth-order valence-corrected chi connectivity index (χ4v) is 1.14. The summed E-state index contributed by atoms with van der Waals surface area (Å²) in [4.78, 5) is 21.8. The van der Waals surface area contributed by atoms with Crippen molar-refractivity contribution in [1.82, 2.24) is 0 Å². The topological polar surface area (TPSA) is 95.4 Å². The van der Waals surface area contributed by atoms with Gasteiger partial charge in [0.25, 0.3) is 0 Å². The van der Waals surface area contributed by atoms with Crippen LogP contribution < -0.4 is 11.5 Å². The van der Waals surface area contributed by atoms with E-state index in [1.54, 1.807) is 0 Å². The highest BCUT2D eigenvalue weighted by molar-refractivity contribution is 5.84. The van der Waals surface area contributed by atoms with Crippen molar-refractivity contribution >= 4 is 11.9 Å². The largest absolute Gasteiger partial charge is 0.460 e. The molecule has 4 N–H and O–H groups in total. The van der Waals surface area contributed by atoms with Crippen molar-refractivity contribution in [2.24, 2.45) is 11.5 Å². The Bertz CT molecular complexity index is 365. The molecule has 1 atom stereocenters. The molecule has 1 rings (SSSR count). The summed E-state index contributed by atoms with van der Waals surface area (Å²) in [5, 5.41) is 0. The molecule has 0 unspecified atom stereocenters. The van der Waals surface area contributed by atoms with E-state index in [0.717, 1.165) is 5.56 Å². The van der Waals surface area contributed by atoms with Gasteiger partial charge in [-0.3, -0.25) is 9.59 Å². The Morgan fingerprint density at radius 1 is 1.25 bits per heavy atom. The Morgan fingerprint density at radius 3 is 2.44 bits per heavy atom. The normalized spacial score (nSPS) is 11.8. The number of nitrogens with two attached hydrogens (primary N) is 2. The van der Waals surface area contributed by atoms with Gasteiger partial charge in [0, 0.05) is 0 Å². The van der Waals surface area contributed by atoms with Gasteiger partial charge in [0.15, 0.2) is 0 Å². The van der Waals surface area contributed by atoms with Crippen molar-refractivity contribution in [2.75, 3.05) is 0 Å². The molecule has 0 saturated heterocycles. The maximum absolute atomic E-state index is 11.3. The summed E-state index contributed by atoms with van der Waals surface area (Å²) < 4.78 is 4.92. The number of hydrogen-bond donors (Lipinski definition) is 2. The van der Waals surface area contributed by atoms with Crippen LogP contribution in [0.15, 0.2) is 30.3 Å². The van der Waals surface area contributed by atoms with Crippen LogP contribution in [0.3, 0.4) is 0 Å². The van der Waals surface area contributed by atoms with Crippen LogP contribution in [0.4, 0.5) is 0 Å². The Hall–Kier alpha value is -1.88. The first-order chi connectivity index (χ1) is 7.59. The summed E-state index contributed by atoms with van der Waals surface area (Å²) in [5.74, 6) is -1.24. The van der Waals surface area contributed by atoms with E-state index in [-0.39, 0.29) is 13.0 Å². The summed E-state index contributed by atoms with van der Waals surface area (Å²) in [7, 11) is 0. The van der Waals surface area contributed by atoms with Gasteiger partial charge in [-0.15, -0.1) is 0 Å². The number of carbonyl (C=O) groups excluding carboxylic acids is 2. The van der Waals surface area contributed by atoms with Gasteiger partial charge in [-0.25, -0.2) is 0 Å². The highest BCUT2D eigenvalue weighted by Crippen LogP contribution is 2.02. The van der Waals surface area contributed by atoms with Crippen LogP contribution in [0.1, 0.15) is 12.0 Å². The number of benzene rings is 1. The van der Waals surface area contributed by atoms with E-state index >= 15 is 0 Å². The van der Waals surface area contributed by atoms with Gasteiger partial charge in [-0.05, 0) is 5.56 Å². The van der Waals surface area contributed by atoms with E-state index in [1.807, 2.05) is 30.3 Å². The first-order valence-corrected chi connectivity index (χ1v) is 4.84. The Labute approximate surface area is 93.4 Å². The lowest BCUT2D eigenvalue weighted by atomic mass is 10.2. The van der Waals surface area contributed by atoms with E-state index in [0.29, 0.717) is 0 Å². The number of hydrogen-bond acceptors (Lipinski definition) is 4. The molecule has 0 spiro atoms. The fraction of sp³-hybridized carbons (Fsp3) is 0.273. The van der Waals surface area contributed by atoms with Crippen molar-refractivity contribution in [3.05, 3.63) is 35.9 Å². The second-order valence-corrected chi connectivity index (χ2v) is 3.37. The van der Waals surface area contributed by atoms with Crippen LogP contribution in [0.2, 0.25) is 0 Å². The molecule has 1 aromatic carbocycles. The average Bonchev–Trinajstić information content (AvgIpc) is 2.26. The standard InChI is InChI=1S/C11H14N2O3/c12-9(6-10(13)14)11(15)16-7-8-4-2-1-3-5-8/h1-5,9H,6-7,12H2,(H2,13,14)/t9-/m1/s1. The van der Waals surface area contributed by atoms with Gasteiger partial charge in [-0.2, -0.15) is 0 Å².